The molecule has 5 nitrogen and oxygen atoms in total. The molecule has 0 aromatic rings. The van der Waals surface area contributed by atoms with Crippen LogP contribution in [0.2, 0.25) is 0 Å². The lowest BCUT2D eigenvalue weighted by Gasteiger charge is -2.38. The summed E-state index contributed by atoms with van der Waals surface area (Å²) >= 11 is 0. The summed E-state index contributed by atoms with van der Waals surface area (Å²) in [4.78, 5) is 0. The van der Waals surface area contributed by atoms with Crippen molar-refractivity contribution in [2.24, 2.45) is 5.73 Å². The molecule has 1 aliphatic rings. The average Bonchev–Trinajstić information content (AvgIpc) is 2.11. The van der Waals surface area contributed by atoms with Gasteiger partial charge >= 0.3 is 0 Å². The predicted octanol–water partition coefficient (Wildman–Crippen LogP) is 0.212. The van der Waals surface area contributed by atoms with Gasteiger partial charge in [0.25, 0.3) is 0 Å². The van der Waals surface area contributed by atoms with Crippen molar-refractivity contribution in [1.29, 1.82) is 0 Å². The molecule has 0 radical (unpaired) electrons. The van der Waals surface area contributed by atoms with Gasteiger partial charge in [0.2, 0.25) is 10.0 Å². The Hall–Kier alpha value is -0.170. The number of ether oxygens (including phenoxy) is 1. The Morgan fingerprint density at radius 2 is 2.06 bits per heavy atom. The maximum Gasteiger partial charge on any atom is 0.213 e. The molecule has 1 rings (SSSR count). The standard InChI is InChI=1S/C10H22N2O3S/c1-9(2)15-6-7-16(13,14)12-8-10(11)4-3-5-10/h9,12H,3-8,11H2,1-2H3. The van der Waals surface area contributed by atoms with Crippen LogP contribution in [0.3, 0.4) is 0 Å². The Kier molecular flexibility index (Phi) is 4.73. The van der Waals surface area contributed by atoms with Crippen molar-refractivity contribution < 1.29 is 13.2 Å². The van der Waals surface area contributed by atoms with Crippen molar-refractivity contribution in [3.05, 3.63) is 0 Å². The third-order valence-corrected chi connectivity index (χ3v) is 4.09. The average molecular weight is 250 g/mol. The summed E-state index contributed by atoms with van der Waals surface area (Å²) in [5, 5.41) is 0. The maximum atomic E-state index is 11.6. The van der Waals surface area contributed by atoms with Crippen LogP contribution in [-0.2, 0) is 14.8 Å². The Morgan fingerprint density at radius 3 is 2.50 bits per heavy atom. The van der Waals surface area contributed by atoms with Crippen LogP contribution in [-0.4, -0.2) is 39.0 Å². The van der Waals surface area contributed by atoms with E-state index < -0.39 is 10.0 Å². The first-order chi connectivity index (χ1) is 7.33. The number of nitrogens with one attached hydrogen (secondary N) is 1. The second kappa shape index (κ2) is 5.44. The van der Waals surface area contributed by atoms with Crippen LogP contribution in [0.25, 0.3) is 0 Å². The number of sulfonamides is 1. The molecule has 0 aromatic carbocycles. The zero-order valence-corrected chi connectivity index (χ0v) is 10.8. The fraction of sp³-hybridized carbons (Fsp3) is 1.00. The quantitative estimate of drug-likeness (QED) is 0.677. The molecule has 0 aliphatic heterocycles. The van der Waals surface area contributed by atoms with Crippen molar-refractivity contribution in [1.82, 2.24) is 4.72 Å². The smallest absolute Gasteiger partial charge is 0.213 e. The largest absolute Gasteiger partial charge is 0.378 e. The monoisotopic (exact) mass is 250 g/mol. The van der Waals surface area contributed by atoms with Crippen LogP contribution >= 0.6 is 0 Å². The number of hydrogen-bond donors (Lipinski definition) is 2. The normalized spacial score (nSPS) is 19.8. The van der Waals surface area contributed by atoms with Crippen LogP contribution in [0.1, 0.15) is 33.1 Å². The van der Waals surface area contributed by atoms with Crippen LogP contribution < -0.4 is 10.5 Å². The SMILES string of the molecule is CC(C)OCCS(=O)(=O)NCC1(N)CCC1. The van der Waals surface area contributed by atoms with E-state index in [1.54, 1.807) is 0 Å². The third-order valence-electron chi connectivity index (χ3n) is 2.80. The summed E-state index contributed by atoms with van der Waals surface area (Å²) in [5.41, 5.74) is 5.62. The van der Waals surface area contributed by atoms with Gasteiger partial charge in [0.15, 0.2) is 0 Å². The summed E-state index contributed by atoms with van der Waals surface area (Å²) in [5.74, 6) is 0.00125. The lowest BCUT2D eigenvalue weighted by molar-refractivity contribution is 0.0911. The zero-order valence-electron chi connectivity index (χ0n) is 10.0. The molecule has 0 saturated heterocycles. The van der Waals surface area contributed by atoms with Crippen LogP contribution in [0.5, 0.6) is 0 Å². The highest BCUT2D eigenvalue weighted by molar-refractivity contribution is 7.89. The van der Waals surface area contributed by atoms with E-state index in [1.807, 2.05) is 13.8 Å². The molecule has 0 spiro atoms. The second-order valence-electron chi connectivity index (χ2n) is 4.78. The van der Waals surface area contributed by atoms with E-state index in [-0.39, 0.29) is 24.0 Å². The first-order valence-corrected chi connectivity index (χ1v) is 7.36. The summed E-state index contributed by atoms with van der Waals surface area (Å²) < 4.78 is 30.8. The molecule has 96 valence electrons. The highest BCUT2D eigenvalue weighted by atomic mass is 32.2. The first-order valence-electron chi connectivity index (χ1n) is 5.71. The Labute approximate surface area is 97.8 Å². The van der Waals surface area contributed by atoms with Gasteiger partial charge in [-0.2, -0.15) is 0 Å². The maximum absolute atomic E-state index is 11.6. The minimum Gasteiger partial charge on any atom is -0.378 e. The summed E-state index contributed by atoms with van der Waals surface area (Å²) in [6.07, 6.45) is 2.95. The molecule has 1 aliphatic carbocycles. The van der Waals surface area contributed by atoms with Crippen molar-refractivity contribution >= 4 is 10.0 Å². The molecule has 16 heavy (non-hydrogen) atoms. The molecule has 0 amide bonds. The predicted molar refractivity (Wildman–Crippen MR) is 63.6 cm³/mol. The first kappa shape index (κ1) is 13.9. The Bertz CT molecular complexity index is 310. The van der Waals surface area contributed by atoms with E-state index in [9.17, 15) is 8.42 Å². The minimum atomic E-state index is -3.24. The molecular formula is C10H22N2O3S. The third kappa shape index (κ3) is 4.78. The topological polar surface area (TPSA) is 81.4 Å². The summed E-state index contributed by atoms with van der Waals surface area (Å²) in [7, 11) is -3.24. The lowest BCUT2D eigenvalue weighted by atomic mass is 9.78. The molecule has 0 unspecified atom stereocenters. The van der Waals surface area contributed by atoms with Crippen molar-refractivity contribution in [2.45, 2.75) is 44.8 Å². The summed E-state index contributed by atoms with van der Waals surface area (Å²) in [6, 6.07) is 0. The molecule has 3 N–H and O–H groups in total. The van der Waals surface area contributed by atoms with Gasteiger partial charge < -0.3 is 10.5 Å². The molecule has 0 bridgehead atoms. The second-order valence-corrected chi connectivity index (χ2v) is 6.70. The Morgan fingerprint density at radius 1 is 1.44 bits per heavy atom. The van der Waals surface area contributed by atoms with Crippen molar-refractivity contribution in [3.8, 4) is 0 Å². The summed E-state index contributed by atoms with van der Waals surface area (Å²) in [6.45, 7) is 4.33. The Balaban J connectivity index is 2.23. The van der Waals surface area contributed by atoms with Gasteiger partial charge in [-0.15, -0.1) is 0 Å². The number of rotatable bonds is 7. The van der Waals surface area contributed by atoms with Gasteiger partial charge in [0.1, 0.15) is 0 Å². The van der Waals surface area contributed by atoms with Crippen molar-refractivity contribution in [3.63, 3.8) is 0 Å². The molecule has 1 fully saturated rings. The van der Waals surface area contributed by atoms with Crippen LogP contribution in [0.4, 0.5) is 0 Å². The van der Waals surface area contributed by atoms with E-state index in [0.717, 1.165) is 19.3 Å². The number of nitrogens with two attached hydrogens (primary N) is 1. The van der Waals surface area contributed by atoms with Crippen LogP contribution in [0, 0.1) is 0 Å². The molecule has 0 heterocycles. The van der Waals surface area contributed by atoms with Crippen molar-refractivity contribution in [2.75, 3.05) is 18.9 Å². The molecule has 0 atom stereocenters. The van der Waals surface area contributed by atoms with E-state index in [4.69, 9.17) is 10.5 Å². The van der Waals surface area contributed by atoms with E-state index >= 15 is 0 Å². The van der Waals surface area contributed by atoms with Gasteiger partial charge in [0.05, 0.1) is 18.5 Å². The molecule has 0 aromatic heterocycles. The van der Waals surface area contributed by atoms with Gasteiger partial charge in [-0.1, -0.05) is 0 Å². The van der Waals surface area contributed by atoms with Gasteiger partial charge in [0, 0.05) is 12.1 Å². The fourth-order valence-corrected chi connectivity index (χ4v) is 2.49. The molecule has 1 saturated carbocycles. The minimum absolute atomic E-state index is 0.00125. The fourth-order valence-electron chi connectivity index (χ4n) is 1.53. The van der Waals surface area contributed by atoms with E-state index in [1.165, 1.54) is 0 Å². The molecule has 6 heteroatoms. The van der Waals surface area contributed by atoms with Gasteiger partial charge in [-0.3, -0.25) is 0 Å². The van der Waals surface area contributed by atoms with Gasteiger partial charge in [-0.05, 0) is 33.1 Å². The van der Waals surface area contributed by atoms with E-state index in [0.29, 0.717) is 6.54 Å². The molecular weight excluding hydrogens is 228 g/mol. The lowest BCUT2D eigenvalue weighted by Crippen LogP contribution is -2.55. The number of hydrogen-bond acceptors (Lipinski definition) is 4. The zero-order chi connectivity index (χ0) is 12.2. The van der Waals surface area contributed by atoms with Crippen LogP contribution in [0.15, 0.2) is 0 Å². The van der Waals surface area contributed by atoms with E-state index in [2.05, 4.69) is 4.72 Å². The highest BCUT2D eigenvalue weighted by Gasteiger charge is 2.33. The van der Waals surface area contributed by atoms with Gasteiger partial charge in [-0.25, -0.2) is 13.1 Å². The highest BCUT2D eigenvalue weighted by Crippen LogP contribution is 2.28.